The Hall–Kier alpha value is -2.51. The van der Waals surface area contributed by atoms with Crippen LogP contribution in [0.25, 0.3) is 20.4 Å². The summed E-state index contributed by atoms with van der Waals surface area (Å²) in [6.07, 6.45) is 7.54. The average Bonchev–Trinajstić information content (AvgIpc) is 3.38. The van der Waals surface area contributed by atoms with Crippen LogP contribution in [0.15, 0.2) is 29.1 Å². The summed E-state index contributed by atoms with van der Waals surface area (Å²) in [7, 11) is 0. The van der Waals surface area contributed by atoms with Gasteiger partial charge in [0.15, 0.2) is 0 Å². The van der Waals surface area contributed by atoms with Crippen molar-refractivity contribution in [2.75, 3.05) is 11.9 Å². The second kappa shape index (κ2) is 7.48. The highest BCUT2D eigenvalue weighted by Gasteiger charge is 2.23. The Kier molecular flexibility index (Phi) is 4.70. The lowest BCUT2D eigenvalue weighted by atomic mass is 9.96. The Morgan fingerprint density at radius 2 is 2.21 bits per heavy atom. The van der Waals surface area contributed by atoms with Gasteiger partial charge >= 0.3 is 0 Å². The van der Waals surface area contributed by atoms with Crippen molar-refractivity contribution in [3.8, 4) is 0 Å². The molecule has 0 fully saturated rings. The van der Waals surface area contributed by atoms with Crippen molar-refractivity contribution < 1.29 is 9.15 Å². The summed E-state index contributed by atoms with van der Waals surface area (Å²) in [5, 5.41) is 4.58. The van der Waals surface area contributed by atoms with E-state index in [2.05, 4.69) is 22.2 Å². The number of aryl methyl sites for hydroxylation is 1. The fourth-order valence-corrected chi connectivity index (χ4v) is 4.96. The molecule has 0 unspecified atom stereocenters. The van der Waals surface area contributed by atoms with Crippen molar-refractivity contribution in [1.82, 2.24) is 15.0 Å². The van der Waals surface area contributed by atoms with Crippen LogP contribution in [0.1, 0.15) is 42.3 Å². The minimum atomic E-state index is 0.592. The molecule has 28 heavy (non-hydrogen) atoms. The van der Waals surface area contributed by atoms with Gasteiger partial charge in [-0.1, -0.05) is 13.3 Å². The van der Waals surface area contributed by atoms with Crippen LogP contribution in [0, 0.1) is 0 Å². The molecule has 0 saturated carbocycles. The van der Waals surface area contributed by atoms with Gasteiger partial charge in [-0.3, -0.25) is 0 Å². The molecule has 4 aromatic rings. The van der Waals surface area contributed by atoms with Gasteiger partial charge in [0.25, 0.3) is 0 Å². The SMILES string of the molecule is CCCCc1nc2sc3c(NCc4ccco4)ncnc3c2c2c1COCC2. The summed E-state index contributed by atoms with van der Waals surface area (Å²) in [6, 6.07) is 3.84. The van der Waals surface area contributed by atoms with E-state index in [-0.39, 0.29) is 0 Å². The molecule has 5 heterocycles. The van der Waals surface area contributed by atoms with Gasteiger partial charge in [0.05, 0.1) is 36.2 Å². The number of aromatic nitrogens is 3. The number of furan rings is 1. The van der Waals surface area contributed by atoms with Crippen LogP contribution >= 0.6 is 11.3 Å². The molecule has 0 amide bonds. The van der Waals surface area contributed by atoms with Crippen LogP contribution in [0.2, 0.25) is 0 Å². The van der Waals surface area contributed by atoms with Crippen molar-refractivity contribution >= 4 is 37.6 Å². The summed E-state index contributed by atoms with van der Waals surface area (Å²) in [6.45, 7) is 4.22. The lowest BCUT2D eigenvalue weighted by molar-refractivity contribution is 0.110. The lowest BCUT2D eigenvalue weighted by Crippen LogP contribution is -2.14. The van der Waals surface area contributed by atoms with Crippen molar-refractivity contribution in [2.45, 2.75) is 45.8 Å². The van der Waals surface area contributed by atoms with Gasteiger partial charge < -0.3 is 14.5 Å². The van der Waals surface area contributed by atoms with E-state index in [1.165, 1.54) is 22.2 Å². The maximum atomic E-state index is 5.77. The second-order valence-electron chi connectivity index (χ2n) is 7.04. The van der Waals surface area contributed by atoms with Crippen LogP contribution in [-0.2, 0) is 30.7 Å². The number of hydrogen-bond donors (Lipinski definition) is 1. The molecular formula is C21H22N4O2S. The number of pyridine rings is 1. The minimum absolute atomic E-state index is 0.592. The first-order chi connectivity index (χ1) is 13.8. The third kappa shape index (κ3) is 3.04. The zero-order chi connectivity index (χ0) is 18.9. The quantitative estimate of drug-likeness (QED) is 0.503. The number of nitrogens with one attached hydrogen (secondary N) is 1. The number of rotatable bonds is 6. The van der Waals surface area contributed by atoms with Crippen LogP contribution in [0.4, 0.5) is 5.82 Å². The fourth-order valence-electron chi connectivity index (χ4n) is 3.82. The summed E-state index contributed by atoms with van der Waals surface area (Å²) < 4.78 is 12.2. The van der Waals surface area contributed by atoms with Crippen molar-refractivity contribution in [1.29, 1.82) is 0 Å². The normalized spacial score (nSPS) is 13.9. The van der Waals surface area contributed by atoms with Crippen LogP contribution < -0.4 is 5.32 Å². The molecule has 1 aliphatic heterocycles. The molecule has 0 spiro atoms. The van der Waals surface area contributed by atoms with Gasteiger partial charge in [-0.25, -0.2) is 15.0 Å². The smallest absolute Gasteiger partial charge is 0.147 e. The highest BCUT2D eigenvalue weighted by atomic mass is 32.1. The Balaban J connectivity index is 1.63. The number of hydrogen-bond acceptors (Lipinski definition) is 7. The Bertz CT molecular complexity index is 1120. The number of unbranched alkanes of at least 4 members (excludes halogenated alkanes) is 1. The molecule has 0 aromatic carbocycles. The first kappa shape index (κ1) is 17.6. The highest BCUT2D eigenvalue weighted by Crippen LogP contribution is 2.40. The molecule has 7 heteroatoms. The largest absolute Gasteiger partial charge is 0.467 e. The first-order valence-electron chi connectivity index (χ1n) is 9.77. The average molecular weight is 395 g/mol. The van der Waals surface area contributed by atoms with Gasteiger partial charge in [0.1, 0.15) is 22.7 Å². The van der Waals surface area contributed by atoms with Crippen LogP contribution in [0.3, 0.4) is 0 Å². The molecule has 144 valence electrons. The molecule has 0 saturated heterocycles. The fraction of sp³-hybridized carbons (Fsp3) is 0.381. The molecule has 0 aliphatic carbocycles. The van der Waals surface area contributed by atoms with Gasteiger partial charge in [0, 0.05) is 16.6 Å². The van der Waals surface area contributed by atoms with Crippen LogP contribution in [-0.4, -0.2) is 21.6 Å². The van der Waals surface area contributed by atoms with E-state index < -0.39 is 0 Å². The number of thiophene rings is 1. The molecule has 0 bridgehead atoms. The topological polar surface area (TPSA) is 73.1 Å². The Labute approximate surface area is 167 Å². The van der Waals surface area contributed by atoms with Crippen molar-refractivity contribution in [2.24, 2.45) is 0 Å². The number of nitrogens with zero attached hydrogens (tertiary/aromatic N) is 3. The lowest BCUT2D eigenvalue weighted by Gasteiger charge is -2.20. The van der Waals surface area contributed by atoms with E-state index in [0.29, 0.717) is 13.2 Å². The van der Waals surface area contributed by atoms with Crippen molar-refractivity contribution in [3.05, 3.63) is 47.3 Å². The van der Waals surface area contributed by atoms with Crippen LogP contribution in [0.5, 0.6) is 0 Å². The summed E-state index contributed by atoms with van der Waals surface area (Å²) >= 11 is 1.68. The molecule has 0 atom stereocenters. The van der Waals surface area contributed by atoms with E-state index in [4.69, 9.17) is 14.1 Å². The predicted octanol–water partition coefficient (Wildman–Crippen LogP) is 4.86. The van der Waals surface area contributed by atoms with E-state index >= 15 is 0 Å². The molecule has 0 radical (unpaired) electrons. The van der Waals surface area contributed by atoms with E-state index in [1.807, 2.05) is 12.1 Å². The van der Waals surface area contributed by atoms with E-state index in [1.54, 1.807) is 23.9 Å². The molecular weight excluding hydrogens is 372 g/mol. The van der Waals surface area contributed by atoms with Gasteiger partial charge in [-0.15, -0.1) is 11.3 Å². The maximum Gasteiger partial charge on any atom is 0.147 e. The zero-order valence-electron chi connectivity index (χ0n) is 15.8. The van der Waals surface area contributed by atoms with Gasteiger partial charge in [-0.2, -0.15) is 0 Å². The van der Waals surface area contributed by atoms with E-state index in [9.17, 15) is 0 Å². The van der Waals surface area contributed by atoms with E-state index in [0.717, 1.165) is 58.9 Å². The summed E-state index contributed by atoms with van der Waals surface area (Å²) in [4.78, 5) is 15.2. The molecule has 4 aromatic heterocycles. The highest BCUT2D eigenvalue weighted by molar-refractivity contribution is 7.26. The third-order valence-corrected chi connectivity index (χ3v) is 6.30. The summed E-state index contributed by atoms with van der Waals surface area (Å²) in [5.74, 6) is 1.71. The number of anilines is 1. The number of ether oxygens (including phenoxy) is 1. The molecule has 1 N–H and O–H groups in total. The predicted molar refractivity (Wildman–Crippen MR) is 111 cm³/mol. The standard InChI is InChI=1S/C21H22N4O2S/c1-2-3-6-16-15-11-26-9-7-14(15)17-18-19(28-21(17)25-16)20(24-12-23-18)22-10-13-5-4-8-27-13/h4-5,8,12H,2-3,6-7,9-11H2,1H3,(H,22,23,24). The Morgan fingerprint density at radius 1 is 1.25 bits per heavy atom. The molecule has 1 aliphatic rings. The monoisotopic (exact) mass is 394 g/mol. The molecule has 6 nitrogen and oxygen atoms in total. The number of fused-ring (bicyclic) bond motifs is 5. The van der Waals surface area contributed by atoms with Gasteiger partial charge in [-0.05, 0) is 37.0 Å². The maximum absolute atomic E-state index is 5.77. The first-order valence-corrected chi connectivity index (χ1v) is 10.6. The summed E-state index contributed by atoms with van der Waals surface area (Å²) in [5.41, 5.74) is 4.82. The minimum Gasteiger partial charge on any atom is -0.467 e. The zero-order valence-corrected chi connectivity index (χ0v) is 16.6. The Morgan fingerprint density at radius 3 is 3.07 bits per heavy atom. The van der Waals surface area contributed by atoms with Gasteiger partial charge in [0.2, 0.25) is 0 Å². The second-order valence-corrected chi connectivity index (χ2v) is 8.04. The third-order valence-electron chi connectivity index (χ3n) is 5.22. The molecule has 5 rings (SSSR count). The van der Waals surface area contributed by atoms with Crippen molar-refractivity contribution in [3.63, 3.8) is 0 Å².